The van der Waals surface area contributed by atoms with Gasteiger partial charge in [-0.3, -0.25) is 0 Å². The molecule has 0 bridgehead atoms. The molecule has 0 aliphatic carbocycles. The molecular formula is C12H12ClN3O2S. The Morgan fingerprint density at radius 3 is 2.63 bits per heavy atom. The highest BCUT2D eigenvalue weighted by atomic mass is 35.5. The number of hydrogen-bond acceptors (Lipinski definition) is 5. The summed E-state index contributed by atoms with van der Waals surface area (Å²) in [5, 5.41) is 1.52. The summed E-state index contributed by atoms with van der Waals surface area (Å²) >= 11 is 5.94. The maximum atomic E-state index is 11.5. The van der Waals surface area contributed by atoms with E-state index >= 15 is 0 Å². The van der Waals surface area contributed by atoms with Gasteiger partial charge in [-0.1, -0.05) is 11.6 Å². The number of benzene rings is 1. The highest BCUT2D eigenvalue weighted by molar-refractivity contribution is 7.91. The maximum absolute atomic E-state index is 11.5. The monoisotopic (exact) mass is 297 g/mol. The van der Waals surface area contributed by atoms with E-state index in [2.05, 4.69) is 9.97 Å². The average molecular weight is 298 g/mol. The first-order chi connectivity index (χ1) is 9.05. The molecule has 1 aliphatic rings. The van der Waals surface area contributed by atoms with E-state index in [1.54, 1.807) is 12.1 Å². The van der Waals surface area contributed by atoms with Crippen LogP contribution in [0.1, 0.15) is 0 Å². The van der Waals surface area contributed by atoms with Crippen LogP contribution in [0.4, 0.5) is 5.82 Å². The lowest BCUT2D eigenvalue weighted by molar-refractivity contribution is 0.586. The average Bonchev–Trinajstić information content (AvgIpc) is 2.38. The molecule has 5 nitrogen and oxygen atoms in total. The summed E-state index contributed by atoms with van der Waals surface area (Å²) in [4.78, 5) is 10.5. The van der Waals surface area contributed by atoms with Gasteiger partial charge in [-0.2, -0.15) is 0 Å². The summed E-state index contributed by atoms with van der Waals surface area (Å²) in [7, 11) is -2.89. The van der Waals surface area contributed by atoms with Gasteiger partial charge in [0.15, 0.2) is 9.84 Å². The summed E-state index contributed by atoms with van der Waals surface area (Å²) in [6, 6.07) is 5.44. The lowest BCUT2D eigenvalue weighted by Crippen LogP contribution is -2.40. The quantitative estimate of drug-likeness (QED) is 0.798. The van der Waals surface area contributed by atoms with Crippen molar-refractivity contribution in [3.05, 3.63) is 29.5 Å². The molecule has 3 rings (SSSR count). The first kappa shape index (κ1) is 12.6. The van der Waals surface area contributed by atoms with Crippen molar-refractivity contribution in [2.45, 2.75) is 0 Å². The van der Waals surface area contributed by atoms with Crippen LogP contribution in [-0.4, -0.2) is 43.0 Å². The molecule has 0 amide bonds. The van der Waals surface area contributed by atoms with E-state index in [1.165, 1.54) is 6.33 Å². The van der Waals surface area contributed by atoms with E-state index in [0.717, 1.165) is 16.7 Å². The van der Waals surface area contributed by atoms with E-state index in [4.69, 9.17) is 11.6 Å². The van der Waals surface area contributed by atoms with Gasteiger partial charge in [0.2, 0.25) is 0 Å². The molecule has 0 saturated carbocycles. The molecule has 0 N–H and O–H groups in total. The molecule has 7 heteroatoms. The number of rotatable bonds is 1. The molecule has 1 aliphatic heterocycles. The summed E-state index contributed by atoms with van der Waals surface area (Å²) in [5.74, 6) is 1.12. The van der Waals surface area contributed by atoms with E-state index in [0.29, 0.717) is 18.1 Å². The van der Waals surface area contributed by atoms with Gasteiger partial charge in [-0.05, 0) is 18.2 Å². The Balaban J connectivity index is 2.02. The third-order valence-corrected chi connectivity index (χ3v) is 5.07. The van der Waals surface area contributed by atoms with E-state index in [9.17, 15) is 8.42 Å². The Bertz CT molecular complexity index is 719. The van der Waals surface area contributed by atoms with Gasteiger partial charge in [0.1, 0.15) is 12.1 Å². The normalized spacial score (nSPS) is 18.7. The minimum absolute atomic E-state index is 0.173. The predicted molar refractivity (Wildman–Crippen MR) is 75.4 cm³/mol. The van der Waals surface area contributed by atoms with Crippen LogP contribution in [0.25, 0.3) is 10.9 Å². The van der Waals surface area contributed by atoms with Gasteiger partial charge in [0, 0.05) is 23.5 Å². The number of halogens is 1. The zero-order chi connectivity index (χ0) is 13.5. The lowest BCUT2D eigenvalue weighted by Gasteiger charge is -2.28. The molecule has 2 aromatic rings. The fraction of sp³-hybridized carbons (Fsp3) is 0.333. The zero-order valence-electron chi connectivity index (χ0n) is 10.1. The van der Waals surface area contributed by atoms with Crippen LogP contribution in [0.5, 0.6) is 0 Å². The third kappa shape index (κ3) is 2.50. The topological polar surface area (TPSA) is 63.2 Å². The molecule has 1 aromatic heterocycles. The number of sulfone groups is 1. The van der Waals surface area contributed by atoms with Gasteiger partial charge in [0.25, 0.3) is 0 Å². The van der Waals surface area contributed by atoms with Crippen molar-refractivity contribution in [2.75, 3.05) is 29.5 Å². The first-order valence-corrected chi connectivity index (χ1v) is 8.11. The van der Waals surface area contributed by atoms with Crippen LogP contribution in [0.3, 0.4) is 0 Å². The van der Waals surface area contributed by atoms with E-state index in [1.807, 2.05) is 11.0 Å². The predicted octanol–water partition coefficient (Wildman–Crippen LogP) is 1.52. The van der Waals surface area contributed by atoms with Crippen LogP contribution < -0.4 is 4.90 Å². The summed E-state index contributed by atoms with van der Waals surface area (Å²) in [6.45, 7) is 0.939. The van der Waals surface area contributed by atoms with Crippen molar-refractivity contribution < 1.29 is 8.42 Å². The van der Waals surface area contributed by atoms with Gasteiger partial charge < -0.3 is 4.90 Å². The number of fused-ring (bicyclic) bond motifs is 1. The van der Waals surface area contributed by atoms with Crippen LogP contribution >= 0.6 is 11.6 Å². The Morgan fingerprint density at radius 1 is 1.16 bits per heavy atom. The number of aromatic nitrogens is 2. The third-order valence-electron chi connectivity index (χ3n) is 3.22. The smallest absolute Gasteiger partial charge is 0.153 e. The van der Waals surface area contributed by atoms with Crippen LogP contribution in [-0.2, 0) is 9.84 Å². The van der Waals surface area contributed by atoms with Gasteiger partial charge in [-0.25, -0.2) is 18.4 Å². The second kappa shape index (κ2) is 4.61. The minimum atomic E-state index is -2.89. The summed E-state index contributed by atoms with van der Waals surface area (Å²) in [5.41, 5.74) is 0.769. The molecule has 1 aromatic carbocycles. The van der Waals surface area contributed by atoms with Crippen LogP contribution in [0, 0.1) is 0 Å². The van der Waals surface area contributed by atoms with Crippen molar-refractivity contribution in [1.29, 1.82) is 0 Å². The molecule has 0 spiro atoms. The summed E-state index contributed by atoms with van der Waals surface area (Å²) in [6.07, 6.45) is 1.48. The Morgan fingerprint density at radius 2 is 1.89 bits per heavy atom. The van der Waals surface area contributed by atoms with Crippen molar-refractivity contribution in [3.63, 3.8) is 0 Å². The molecule has 1 saturated heterocycles. The van der Waals surface area contributed by atoms with Gasteiger partial charge in [0.05, 0.1) is 17.0 Å². The number of anilines is 1. The molecule has 100 valence electrons. The molecule has 0 radical (unpaired) electrons. The largest absolute Gasteiger partial charge is 0.354 e. The Hall–Kier alpha value is -1.40. The summed E-state index contributed by atoms with van der Waals surface area (Å²) < 4.78 is 22.9. The minimum Gasteiger partial charge on any atom is -0.354 e. The molecule has 1 fully saturated rings. The second-order valence-electron chi connectivity index (χ2n) is 4.50. The number of nitrogens with zero attached hydrogens (tertiary/aromatic N) is 3. The fourth-order valence-corrected chi connectivity index (χ4v) is 3.56. The van der Waals surface area contributed by atoms with Crippen molar-refractivity contribution >= 4 is 38.2 Å². The Kier molecular flexibility index (Phi) is 3.06. The fourth-order valence-electron chi connectivity index (χ4n) is 2.19. The highest BCUT2D eigenvalue weighted by Gasteiger charge is 2.23. The van der Waals surface area contributed by atoms with E-state index in [-0.39, 0.29) is 11.5 Å². The second-order valence-corrected chi connectivity index (χ2v) is 7.24. The zero-order valence-corrected chi connectivity index (χ0v) is 11.7. The molecule has 0 atom stereocenters. The maximum Gasteiger partial charge on any atom is 0.153 e. The van der Waals surface area contributed by atoms with Crippen LogP contribution in [0.2, 0.25) is 5.02 Å². The van der Waals surface area contributed by atoms with Crippen molar-refractivity contribution in [3.8, 4) is 0 Å². The Labute approximate surface area is 116 Å². The first-order valence-electron chi connectivity index (χ1n) is 5.91. The number of hydrogen-bond donors (Lipinski definition) is 0. The SMILES string of the molecule is O=S1(=O)CCN(c2ncnc3cc(Cl)ccc23)CC1. The molecule has 2 heterocycles. The van der Waals surface area contributed by atoms with Crippen molar-refractivity contribution in [2.24, 2.45) is 0 Å². The van der Waals surface area contributed by atoms with E-state index < -0.39 is 9.84 Å². The standard InChI is InChI=1S/C12H12ClN3O2S/c13-9-1-2-10-11(7-9)14-8-15-12(10)16-3-5-19(17,18)6-4-16/h1-2,7-8H,3-6H2. The lowest BCUT2D eigenvalue weighted by atomic mass is 10.2. The molecular weight excluding hydrogens is 286 g/mol. The highest BCUT2D eigenvalue weighted by Crippen LogP contribution is 2.26. The van der Waals surface area contributed by atoms with Crippen LogP contribution in [0.15, 0.2) is 24.5 Å². The molecule has 0 unspecified atom stereocenters. The van der Waals surface area contributed by atoms with Crippen molar-refractivity contribution in [1.82, 2.24) is 9.97 Å². The van der Waals surface area contributed by atoms with Gasteiger partial charge in [-0.15, -0.1) is 0 Å². The molecule has 19 heavy (non-hydrogen) atoms. The van der Waals surface area contributed by atoms with Gasteiger partial charge >= 0.3 is 0 Å².